The van der Waals surface area contributed by atoms with Crippen molar-refractivity contribution in [2.75, 3.05) is 20.1 Å². The molecule has 2 unspecified atom stereocenters. The molecule has 1 aliphatic carbocycles. The van der Waals surface area contributed by atoms with Crippen molar-refractivity contribution in [1.82, 2.24) is 9.80 Å². The van der Waals surface area contributed by atoms with E-state index in [1.165, 1.54) is 0 Å². The Morgan fingerprint density at radius 1 is 1.19 bits per heavy atom. The minimum Gasteiger partial charge on any atom is -0.481 e. The van der Waals surface area contributed by atoms with E-state index < -0.39 is 23.3 Å². The lowest BCUT2D eigenvalue weighted by molar-refractivity contribution is -0.162. The van der Waals surface area contributed by atoms with Gasteiger partial charge in [-0.15, -0.1) is 0 Å². The van der Waals surface area contributed by atoms with Crippen LogP contribution in [0.3, 0.4) is 0 Å². The van der Waals surface area contributed by atoms with Gasteiger partial charge in [0.05, 0.1) is 11.8 Å². The molecule has 6 heteroatoms. The summed E-state index contributed by atoms with van der Waals surface area (Å²) >= 11 is 0. The van der Waals surface area contributed by atoms with Gasteiger partial charge in [0.15, 0.2) is 0 Å². The highest BCUT2D eigenvalue weighted by Gasteiger charge is 2.46. The number of nitrogens with zero attached hydrogens (tertiary/aromatic N) is 2. The van der Waals surface area contributed by atoms with Crippen LogP contribution in [0.5, 0.6) is 0 Å². The van der Waals surface area contributed by atoms with Crippen LogP contribution in [0.25, 0.3) is 0 Å². The van der Waals surface area contributed by atoms with E-state index in [1.54, 1.807) is 30.7 Å². The van der Waals surface area contributed by atoms with Crippen molar-refractivity contribution in [3.63, 3.8) is 0 Å². The van der Waals surface area contributed by atoms with Gasteiger partial charge >= 0.3 is 5.97 Å². The maximum atomic E-state index is 12.8. The predicted octanol–water partition coefficient (Wildman–Crippen LogP) is 0.733. The van der Waals surface area contributed by atoms with Crippen LogP contribution < -0.4 is 0 Å². The van der Waals surface area contributed by atoms with Crippen LogP contribution in [0.15, 0.2) is 12.2 Å². The zero-order valence-electron chi connectivity index (χ0n) is 12.7. The van der Waals surface area contributed by atoms with E-state index >= 15 is 0 Å². The molecule has 0 aromatic rings. The van der Waals surface area contributed by atoms with Gasteiger partial charge in [0.2, 0.25) is 11.8 Å². The fourth-order valence-electron chi connectivity index (χ4n) is 3.16. The number of carboxylic acids is 1. The molecule has 0 radical (unpaired) electrons. The van der Waals surface area contributed by atoms with Crippen molar-refractivity contribution in [3.8, 4) is 0 Å². The first-order chi connectivity index (χ1) is 9.76. The Hall–Kier alpha value is -1.85. The number of amides is 2. The van der Waals surface area contributed by atoms with Gasteiger partial charge in [-0.3, -0.25) is 14.4 Å². The molecule has 2 amide bonds. The molecular weight excluding hydrogens is 272 g/mol. The molecule has 1 fully saturated rings. The van der Waals surface area contributed by atoms with Crippen LogP contribution in [0.2, 0.25) is 0 Å². The van der Waals surface area contributed by atoms with Gasteiger partial charge in [0, 0.05) is 20.1 Å². The van der Waals surface area contributed by atoms with Gasteiger partial charge < -0.3 is 14.9 Å². The quantitative estimate of drug-likeness (QED) is 0.762. The molecule has 1 N–H and O–H groups in total. The monoisotopic (exact) mass is 294 g/mol. The fourth-order valence-corrected chi connectivity index (χ4v) is 3.16. The SMILES string of the molecule is CN1CCN(C(=O)C2CC=CCC2C(=O)O)C(C)(C)C1=O. The molecule has 1 heterocycles. The number of hydrogen-bond donors (Lipinski definition) is 1. The molecular formula is C15H22N2O4. The first-order valence-electron chi connectivity index (χ1n) is 7.21. The van der Waals surface area contributed by atoms with Gasteiger partial charge in [-0.25, -0.2) is 0 Å². The number of aliphatic carboxylic acids is 1. The number of likely N-dealkylation sites (N-methyl/N-ethyl adjacent to an activating group) is 1. The summed E-state index contributed by atoms with van der Waals surface area (Å²) in [7, 11) is 1.72. The van der Waals surface area contributed by atoms with Gasteiger partial charge in [-0.2, -0.15) is 0 Å². The number of carbonyl (C=O) groups is 3. The number of piperazine rings is 1. The summed E-state index contributed by atoms with van der Waals surface area (Å²) < 4.78 is 0. The first-order valence-corrected chi connectivity index (χ1v) is 7.21. The summed E-state index contributed by atoms with van der Waals surface area (Å²) in [4.78, 5) is 39.6. The number of rotatable bonds is 2. The van der Waals surface area contributed by atoms with Crippen molar-refractivity contribution < 1.29 is 19.5 Å². The Morgan fingerprint density at radius 3 is 2.33 bits per heavy atom. The normalized spacial score (nSPS) is 28.6. The van der Waals surface area contributed by atoms with E-state index in [9.17, 15) is 19.5 Å². The second-order valence-electron chi connectivity index (χ2n) is 6.27. The third-order valence-electron chi connectivity index (χ3n) is 4.54. The third-order valence-corrected chi connectivity index (χ3v) is 4.54. The Bertz CT molecular complexity index is 498. The van der Waals surface area contributed by atoms with E-state index in [0.29, 0.717) is 25.9 Å². The van der Waals surface area contributed by atoms with Gasteiger partial charge in [-0.05, 0) is 26.7 Å². The summed E-state index contributed by atoms with van der Waals surface area (Å²) in [6.07, 6.45) is 4.45. The van der Waals surface area contributed by atoms with Crippen LogP contribution in [0, 0.1) is 11.8 Å². The summed E-state index contributed by atoms with van der Waals surface area (Å²) in [6.45, 7) is 4.36. The molecule has 116 valence electrons. The molecule has 21 heavy (non-hydrogen) atoms. The molecule has 0 aromatic heterocycles. The lowest BCUT2D eigenvalue weighted by atomic mass is 9.81. The van der Waals surface area contributed by atoms with E-state index in [4.69, 9.17) is 0 Å². The molecule has 2 atom stereocenters. The van der Waals surface area contributed by atoms with Crippen LogP contribution in [-0.4, -0.2) is 58.4 Å². The molecule has 2 aliphatic rings. The second-order valence-corrected chi connectivity index (χ2v) is 6.27. The Labute approximate surface area is 124 Å². The zero-order valence-corrected chi connectivity index (χ0v) is 12.7. The van der Waals surface area contributed by atoms with Crippen molar-refractivity contribution >= 4 is 17.8 Å². The molecule has 1 aliphatic heterocycles. The molecule has 2 rings (SSSR count). The third kappa shape index (κ3) is 2.66. The number of allylic oxidation sites excluding steroid dienone is 2. The van der Waals surface area contributed by atoms with Crippen LogP contribution in [0.4, 0.5) is 0 Å². The minimum atomic E-state index is -0.948. The van der Waals surface area contributed by atoms with Crippen molar-refractivity contribution in [3.05, 3.63) is 12.2 Å². The molecule has 0 saturated carbocycles. The van der Waals surface area contributed by atoms with Crippen molar-refractivity contribution in [2.24, 2.45) is 11.8 Å². The lowest BCUT2D eigenvalue weighted by Gasteiger charge is -2.46. The number of hydrogen-bond acceptors (Lipinski definition) is 3. The summed E-state index contributed by atoms with van der Waals surface area (Å²) in [5.74, 6) is -2.56. The summed E-state index contributed by atoms with van der Waals surface area (Å²) in [5, 5.41) is 9.30. The molecule has 1 saturated heterocycles. The average molecular weight is 294 g/mol. The maximum absolute atomic E-state index is 12.8. The fraction of sp³-hybridized carbons (Fsp3) is 0.667. The van der Waals surface area contributed by atoms with Gasteiger partial charge in [0.25, 0.3) is 0 Å². The topological polar surface area (TPSA) is 77.9 Å². The zero-order chi connectivity index (χ0) is 15.8. The van der Waals surface area contributed by atoms with E-state index in [2.05, 4.69) is 0 Å². The molecule has 0 bridgehead atoms. The summed E-state index contributed by atoms with van der Waals surface area (Å²) in [5.41, 5.74) is -0.922. The average Bonchev–Trinajstić information content (AvgIpc) is 2.44. The van der Waals surface area contributed by atoms with E-state index in [-0.39, 0.29) is 11.8 Å². The first kappa shape index (κ1) is 15.5. The number of carbonyl (C=O) groups excluding carboxylic acids is 2. The minimum absolute atomic E-state index is 0.111. The predicted molar refractivity (Wildman–Crippen MR) is 76.4 cm³/mol. The maximum Gasteiger partial charge on any atom is 0.307 e. The van der Waals surface area contributed by atoms with Crippen LogP contribution in [-0.2, 0) is 14.4 Å². The smallest absolute Gasteiger partial charge is 0.307 e. The highest BCUT2D eigenvalue weighted by molar-refractivity contribution is 5.94. The Morgan fingerprint density at radius 2 is 1.76 bits per heavy atom. The van der Waals surface area contributed by atoms with Crippen LogP contribution in [0.1, 0.15) is 26.7 Å². The lowest BCUT2D eigenvalue weighted by Crippen LogP contribution is -2.65. The van der Waals surface area contributed by atoms with Gasteiger partial charge in [0.1, 0.15) is 5.54 Å². The largest absolute Gasteiger partial charge is 0.481 e. The van der Waals surface area contributed by atoms with Crippen molar-refractivity contribution in [1.29, 1.82) is 0 Å². The van der Waals surface area contributed by atoms with Gasteiger partial charge in [-0.1, -0.05) is 12.2 Å². The number of carboxylic acid groups (broad SMARTS) is 1. The van der Waals surface area contributed by atoms with E-state index in [0.717, 1.165) is 0 Å². The summed E-state index contributed by atoms with van der Waals surface area (Å²) in [6, 6.07) is 0. The standard InChI is InChI=1S/C15H22N2O4/c1-15(2)14(21)16(3)8-9-17(15)12(18)10-6-4-5-7-11(10)13(19)20/h4-5,10-11H,6-9H2,1-3H3,(H,19,20). The Kier molecular flexibility index (Phi) is 4.07. The Balaban J connectivity index is 2.24. The van der Waals surface area contributed by atoms with E-state index in [1.807, 2.05) is 12.2 Å². The molecule has 0 aromatic carbocycles. The van der Waals surface area contributed by atoms with Crippen LogP contribution >= 0.6 is 0 Å². The molecule has 0 spiro atoms. The second kappa shape index (κ2) is 5.50. The molecule has 6 nitrogen and oxygen atoms in total. The highest BCUT2D eigenvalue weighted by Crippen LogP contribution is 2.31. The van der Waals surface area contributed by atoms with Crippen molar-refractivity contribution in [2.45, 2.75) is 32.2 Å². The highest BCUT2D eigenvalue weighted by atomic mass is 16.4.